The van der Waals surface area contributed by atoms with Crippen LogP contribution in [0.3, 0.4) is 0 Å². The summed E-state index contributed by atoms with van der Waals surface area (Å²) in [4.78, 5) is 29.2. The van der Waals surface area contributed by atoms with Crippen LogP contribution >= 0.6 is 0 Å². The molecule has 2 amide bonds. The van der Waals surface area contributed by atoms with Gasteiger partial charge in [-0.25, -0.2) is 4.98 Å². The van der Waals surface area contributed by atoms with E-state index in [0.717, 1.165) is 57.7 Å². The van der Waals surface area contributed by atoms with Gasteiger partial charge in [-0.05, 0) is 68.8 Å². The van der Waals surface area contributed by atoms with Gasteiger partial charge in [0.15, 0.2) is 0 Å². The molecule has 1 saturated carbocycles. The number of benzene rings is 1. The van der Waals surface area contributed by atoms with Gasteiger partial charge in [-0.3, -0.25) is 14.3 Å². The Morgan fingerprint density at radius 3 is 2.33 bits per heavy atom. The van der Waals surface area contributed by atoms with Crippen LogP contribution in [0.2, 0.25) is 0 Å². The number of hydrogen-bond acceptors (Lipinski definition) is 4. The number of primary amides is 1. The number of hydrogen-bond donors (Lipinski definition) is 1. The predicted octanol–water partition coefficient (Wildman–Crippen LogP) is 5.49. The van der Waals surface area contributed by atoms with Gasteiger partial charge in [-0.1, -0.05) is 55.2 Å². The van der Waals surface area contributed by atoms with Crippen LogP contribution in [0.4, 0.5) is 0 Å². The molecule has 7 heteroatoms. The molecule has 1 aliphatic heterocycles. The van der Waals surface area contributed by atoms with E-state index in [9.17, 15) is 9.59 Å². The first-order valence-corrected chi connectivity index (χ1v) is 14.3. The molecule has 2 aromatic rings. The topological polar surface area (TPSA) is 94.1 Å². The molecule has 1 aromatic heterocycles. The number of terminal acetylenes is 1. The molecule has 2 fully saturated rings. The lowest BCUT2D eigenvalue weighted by atomic mass is 9.63. The summed E-state index contributed by atoms with van der Waals surface area (Å²) in [5.74, 6) is 0.834. The van der Waals surface area contributed by atoms with E-state index in [1.54, 1.807) is 12.4 Å². The third-order valence-corrected chi connectivity index (χ3v) is 8.11. The number of unbranched alkanes of at least 4 members (excludes halogenated alkanes) is 1. The van der Waals surface area contributed by atoms with Crippen molar-refractivity contribution in [3.05, 3.63) is 60.7 Å². The zero-order valence-corrected chi connectivity index (χ0v) is 23.8. The van der Waals surface area contributed by atoms with Gasteiger partial charge >= 0.3 is 0 Å². The summed E-state index contributed by atoms with van der Waals surface area (Å²) in [7, 11) is 0. The van der Waals surface area contributed by atoms with Crippen LogP contribution in [-0.4, -0.2) is 44.6 Å². The Morgan fingerprint density at radius 2 is 1.77 bits per heavy atom. The normalized spacial score (nSPS) is 16.6. The van der Waals surface area contributed by atoms with Gasteiger partial charge in [0.2, 0.25) is 11.8 Å². The molecule has 39 heavy (non-hydrogen) atoms. The Labute approximate surface area is 235 Å². The van der Waals surface area contributed by atoms with Gasteiger partial charge < -0.3 is 10.6 Å². The highest BCUT2D eigenvalue weighted by molar-refractivity contribution is 5.76. The van der Waals surface area contributed by atoms with E-state index < -0.39 is 0 Å². The van der Waals surface area contributed by atoms with Gasteiger partial charge in [0, 0.05) is 32.5 Å². The van der Waals surface area contributed by atoms with E-state index in [0.29, 0.717) is 18.7 Å². The Bertz CT molecular complexity index is 999. The van der Waals surface area contributed by atoms with Crippen molar-refractivity contribution in [2.24, 2.45) is 17.1 Å². The Hall–Kier alpha value is -3.40. The van der Waals surface area contributed by atoms with Crippen molar-refractivity contribution in [1.29, 1.82) is 0 Å². The highest BCUT2D eigenvalue weighted by Gasteiger charge is 2.42. The van der Waals surface area contributed by atoms with E-state index >= 15 is 0 Å². The number of aromatic nitrogens is 3. The lowest BCUT2D eigenvalue weighted by Gasteiger charge is -2.48. The molecule has 1 aliphatic carbocycles. The smallest absolute Gasteiger partial charge is 0.222 e. The van der Waals surface area contributed by atoms with Crippen LogP contribution in [-0.2, 0) is 22.6 Å². The molecule has 0 radical (unpaired) electrons. The summed E-state index contributed by atoms with van der Waals surface area (Å²) in [5, 5.41) is 4.40. The average molecular weight is 534 g/mol. The molecule has 212 valence electrons. The molecule has 2 heterocycles. The lowest BCUT2D eigenvalue weighted by molar-refractivity contribution is -0.134. The number of piperidine rings is 1. The molecular weight excluding hydrogens is 486 g/mol. The molecule has 7 nitrogen and oxygen atoms in total. The Morgan fingerprint density at radius 1 is 1.10 bits per heavy atom. The zero-order chi connectivity index (χ0) is 28.5. The van der Waals surface area contributed by atoms with Gasteiger partial charge in [0.25, 0.3) is 0 Å². The average Bonchev–Trinajstić information content (AvgIpc) is 3.48. The molecule has 1 saturated heterocycles. The molecule has 2 aliphatic rings. The number of carbonyl (C=O) groups is 2. The van der Waals surface area contributed by atoms with Crippen LogP contribution in [0.1, 0.15) is 81.8 Å². The third kappa shape index (κ3) is 10.7. The third-order valence-electron chi connectivity index (χ3n) is 8.11. The minimum Gasteiger partial charge on any atom is -0.370 e. The van der Waals surface area contributed by atoms with Crippen molar-refractivity contribution in [3.63, 3.8) is 0 Å². The van der Waals surface area contributed by atoms with Crippen LogP contribution in [0, 0.1) is 31.1 Å². The number of allylic oxidation sites excluding steroid dienone is 1. The summed E-state index contributed by atoms with van der Waals surface area (Å²) in [5.41, 5.74) is 7.65. The molecule has 0 bridgehead atoms. The van der Waals surface area contributed by atoms with Crippen LogP contribution in [0.5, 0.6) is 0 Å². The van der Waals surface area contributed by atoms with Crippen molar-refractivity contribution in [3.8, 4) is 12.8 Å². The van der Waals surface area contributed by atoms with E-state index in [4.69, 9.17) is 5.73 Å². The molecule has 0 atom stereocenters. The number of likely N-dealkylation sites (tertiary alicyclic amines) is 1. The van der Waals surface area contributed by atoms with E-state index in [1.807, 2.05) is 11.0 Å². The summed E-state index contributed by atoms with van der Waals surface area (Å²) < 4.78 is 2.02. The van der Waals surface area contributed by atoms with Crippen molar-refractivity contribution in [1.82, 2.24) is 19.7 Å². The first kappa shape index (κ1) is 31.8. The maximum atomic E-state index is 12.8. The first-order valence-electron chi connectivity index (χ1n) is 14.3. The fourth-order valence-corrected chi connectivity index (χ4v) is 5.83. The fraction of sp³-hybridized carbons (Fsp3) is 0.562. The number of nitrogens with two attached hydrogens (primary N) is 1. The van der Waals surface area contributed by atoms with E-state index in [1.165, 1.54) is 43.2 Å². The first-order chi connectivity index (χ1) is 18.9. The van der Waals surface area contributed by atoms with Crippen LogP contribution in [0.25, 0.3) is 0 Å². The van der Waals surface area contributed by atoms with E-state index in [2.05, 4.69) is 65.6 Å². The highest BCUT2D eigenvalue weighted by Crippen LogP contribution is 2.47. The second-order valence-corrected chi connectivity index (χ2v) is 10.8. The van der Waals surface area contributed by atoms with Gasteiger partial charge in [-0.2, -0.15) is 5.10 Å². The molecular formula is C32H47N5O2. The highest BCUT2D eigenvalue weighted by atomic mass is 16.2. The molecule has 2 N–H and O–H groups in total. The second-order valence-electron chi connectivity index (χ2n) is 10.8. The molecule has 1 aromatic carbocycles. The van der Waals surface area contributed by atoms with Gasteiger partial charge in [0.05, 0.1) is 0 Å². The lowest BCUT2D eigenvalue weighted by Crippen LogP contribution is -2.48. The minimum atomic E-state index is -0.230. The van der Waals surface area contributed by atoms with Crippen molar-refractivity contribution >= 4 is 11.8 Å². The number of rotatable bonds is 10. The Kier molecular flexibility index (Phi) is 14.1. The maximum absolute atomic E-state index is 12.8. The summed E-state index contributed by atoms with van der Waals surface area (Å²) >= 11 is 0. The van der Waals surface area contributed by atoms with Crippen molar-refractivity contribution < 1.29 is 9.59 Å². The van der Waals surface area contributed by atoms with Gasteiger partial charge in [-0.15, -0.1) is 19.4 Å². The van der Waals surface area contributed by atoms with Crippen LogP contribution < -0.4 is 5.73 Å². The van der Waals surface area contributed by atoms with E-state index in [-0.39, 0.29) is 11.3 Å². The minimum absolute atomic E-state index is 0.230. The van der Waals surface area contributed by atoms with Crippen molar-refractivity contribution in [2.45, 2.75) is 90.5 Å². The SMILES string of the molecule is C#C.C=CCCCC(N)=O.Cc1ccc(CCC(=O)N2CCC(Cn3cncn3)(C3CCCCC3)CC2)cc1. The summed E-state index contributed by atoms with van der Waals surface area (Å²) in [6.07, 6.45) is 25.8. The largest absolute Gasteiger partial charge is 0.370 e. The van der Waals surface area contributed by atoms with Gasteiger partial charge in [0.1, 0.15) is 12.7 Å². The summed E-state index contributed by atoms with van der Waals surface area (Å²) in [6, 6.07) is 8.54. The standard InChI is InChI=1S/C24H34N4O.C6H11NO.C2H2/c1-20-7-9-21(10-8-20)11-12-23(29)27-15-13-24(14-16-27,17-28-19-25-18-26-28)22-5-3-2-4-6-22;1-2-3-4-5-6(7)8;1-2/h7-10,18-19,22H,2-6,11-17H2,1H3;2H,1,3-5H2,(H2,7,8);1-2H. The molecule has 0 spiro atoms. The number of aryl methyl sites for hydroxylation is 2. The monoisotopic (exact) mass is 533 g/mol. The Balaban J connectivity index is 0.000000460. The quantitative estimate of drug-likeness (QED) is 0.248. The van der Waals surface area contributed by atoms with Crippen LogP contribution in [0.15, 0.2) is 49.6 Å². The summed E-state index contributed by atoms with van der Waals surface area (Å²) in [6.45, 7) is 8.32. The number of carbonyl (C=O) groups excluding carboxylic acids is 2. The maximum Gasteiger partial charge on any atom is 0.222 e. The second kappa shape index (κ2) is 17.2. The fourth-order valence-electron chi connectivity index (χ4n) is 5.83. The number of nitrogens with zero attached hydrogens (tertiary/aromatic N) is 4. The molecule has 0 unspecified atom stereocenters. The zero-order valence-electron chi connectivity index (χ0n) is 23.8. The van der Waals surface area contributed by atoms with Crippen molar-refractivity contribution in [2.75, 3.05) is 13.1 Å². The number of amides is 2. The molecule has 4 rings (SSSR count). The predicted molar refractivity (Wildman–Crippen MR) is 157 cm³/mol.